The van der Waals surface area contributed by atoms with Crippen LogP contribution in [0.25, 0.3) is 0 Å². The van der Waals surface area contributed by atoms with Crippen molar-refractivity contribution in [2.75, 3.05) is 19.5 Å². The van der Waals surface area contributed by atoms with Gasteiger partial charge >= 0.3 is 0 Å². The Morgan fingerprint density at radius 2 is 1.68 bits per heavy atom. The topological polar surface area (TPSA) is 120 Å². The van der Waals surface area contributed by atoms with E-state index in [9.17, 15) is 19.7 Å². The molecule has 3 aromatic carbocycles. The molecule has 5 rings (SSSR count). The highest BCUT2D eigenvalue weighted by atomic mass is 16.6. The maximum Gasteiger partial charge on any atom is 0.269 e. The molecule has 0 aromatic heterocycles. The van der Waals surface area contributed by atoms with Crippen LogP contribution < -0.4 is 20.1 Å². The number of ether oxygens (including phenoxy) is 2. The van der Waals surface area contributed by atoms with Gasteiger partial charge in [-0.15, -0.1) is 0 Å². The summed E-state index contributed by atoms with van der Waals surface area (Å²) < 4.78 is 10.8. The zero-order valence-corrected chi connectivity index (χ0v) is 23.3. The number of carbonyl (C=O) groups is 2. The highest BCUT2D eigenvalue weighted by Gasteiger charge is 2.41. The molecule has 9 heteroatoms. The number of amides is 1. The third kappa shape index (κ3) is 5.43. The number of benzene rings is 3. The number of hydrogen-bond donors (Lipinski definition) is 2. The number of anilines is 1. The van der Waals surface area contributed by atoms with Crippen molar-refractivity contribution < 1.29 is 24.0 Å². The second-order valence-corrected chi connectivity index (χ2v) is 10.3. The number of nitro benzene ring substituents is 1. The predicted molar refractivity (Wildman–Crippen MR) is 155 cm³/mol. The first-order chi connectivity index (χ1) is 19.7. The van der Waals surface area contributed by atoms with Gasteiger partial charge in [0.15, 0.2) is 17.3 Å². The minimum atomic E-state index is -0.768. The summed E-state index contributed by atoms with van der Waals surface area (Å²) in [7, 11) is 3.14. The maximum absolute atomic E-state index is 13.9. The van der Waals surface area contributed by atoms with Crippen LogP contribution in [0, 0.1) is 17.0 Å². The Labute approximate surface area is 238 Å². The number of carbonyl (C=O) groups excluding carboxylic acids is 2. The van der Waals surface area contributed by atoms with E-state index < -0.39 is 10.8 Å². The van der Waals surface area contributed by atoms with E-state index in [2.05, 4.69) is 10.6 Å². The van der Waals surface area contributed by atoms with Gasteiger partial charge in [-0.2, -0.15) is 0 Å². The number of non-ortho nitro benzene ring substituents is 1. The van der Waals surface area contributed by atoms with Crippen LogP contribution in [0.3, 0.4) is 0 Å². The van der Waals surface area contributed by atoms with Crippen LogP contribution in [-0.2, 0) is 9.59 Å². The number of hydrogen-bond acceptors (Lipinski definition) is 7. The SMILES string of the molecule is COc1ccc([C@@H]2CC(=O)C3=C(C2)NC(C)=C(C(=O)Nc2ccc(C)cc2)[C@H]3c2cccc([N+](=O)[O-])c2)cc1OC. The van der Waals surface area contributed by atoms with Crippen molar-refractivity contribution in [1.29, 1.82) is 0 Å². The maximum atomic E-state index is 13.9. The summed E-state index contributed by atoms with van der Waals surface area (Å²) >= 11 is 0. The van der Waals surface area contributed by atoms with Crippen molar-refractivity contribution in [1.82, 2.24) is 5.32 Å². The summed E-state index contributed by atoms with van der Waals surface area (Å²) in [4.78, 5) is 38.8. The average Bonchev–Trinajstić information content (AvgIpc) is 2.97. The van der Waals surface area contributed by atoms with Crippen molar-refractivity contribution in [3.8, 4) is 11.5 Å². The molecule has 9 nitrogen and oxygen atoms in total. The smallest absolute Gasteiger partial charge is 0.269 e. The van der Waals surface area contributed by atoms with Crippen LogP contribution in [-0.4, -0.2) is 30.8 Å². The van der Waals surface area contributed by atoms with E-state index in [0.29, 0.717) is 51.7 Å². The molecule has 2 atom stereocenters. The van der Waals surface area contributed by atoms with E-state index in [1.54, 1.807) is 33.3 Å². The molecule has 0 saturated carbocycles. The van der Waals surface area contributed by atoms with Crippen LogP contribution in [0.15, 0.2) is 89.3 Å². The minimum absolute atomic E-state index is 0.106. The van der Waals surface area contributed by atoms with Crippen molar-refractivity contribution in [3.63, 3.8) is 0 Å². The molecule has 2 N–H and O–H groups in total. The minimum Gasteiger partial charge on any atom is -0.493 e. The fraction of sp³-hybridized carbons (Fsp3) is 0.250. The molecule has 1 aliphatic heterocycles. The number of nitro groups is 1. The number of methoxy groups -OCH3 is 2. The lowest BCUT2D eigenvalue weighted by atomic mass is 9.71. The lowest BCUT2D eigenvalue weighted by Crippen LogP contribution is -2.37. The van der Waals surface area contributed by atoms with E-state index in [1.807, 2.05) is 49.4 Å². The van der Waals surface area contributed by atoms with Crippen LogP contribution in [0.2, 0.25) is 0 Å². The summed E-state index contributed by atoms with van der Waals surface area (Å²) in [6.07, 6.45) is 0.736. The number of nitrogens with one attached hydrogen (secondary N) is 2. The van der Waals surface area contributed by atoms with Crippen molar-refractivity contribution in [3.05, 3.63) is 116 Å². The van der Waals surface area contributed by atoms with Gasteiger partial charge < -0.3 is 20.1 Å². The third-order valence-corrected chi connectivity index (χ3v) is 7.68. The molecule has 0 bridgehead atoms. The Bertz CT molecular complexity index is 1610. The van der Waals surface area contributed by atoms with Crippen LogP contribution in [0.5, 0.6) is 11.5 Å². The van der Waals surface area contributed by atoms with Crippen molar-refractivity contribution in [2.45, 2.75) is 38.5 Å². The van der Waals surface area contributed by atoms with Gasteiger partial charge in [0, 0.05) is 52.7 Å². The zero-order valence-electron chi connectivity index (χ0n) is 23.3. The number of nitrogens with zero attached hydrogens (tertiary/aromatic N) is 1. The van der Waals surface area contributed by atoms with Gasteiger partial charge in [-0.1, -0.05) is 35.9 Å². The fourth-order valence-corrected chi connectivity index (χ4v) is 5.67. The van der Waals surface area contributed by atoms with Gasteiger partial charge in [0.05, 0.1) is 19.1 Å². The fourth-order valence-electron chi connectivity index (χ4n) is 5.67. The van der Waals surface area contributed by atoms with Gasteiger partial charge in [-0.3, -0.25) is 19.7 Å². The quantitative estimate of drug-likeness (QED) is 0.275. The van der Waals surface area contributed by atoms with E-state index >= 15 is 0 Å². The zero-order chi connectivity index (χ0) is 29.3. The van der Waals surface area contributed by atoms with Crippen LogP contribution in [0.1, 0.15) is 48.3 Å². The number of allylic oxidation sites excluding steroid dienone is 3. The van der Waals surface area contributed by atoms with Gasteiger partial charge in [-0.25, -0.2) is 0 Å². The summed E-state index contributed by atoms with van der Waals surface area (Å²) in [5, 5.41) is 17.9. The highest BCUT2D eigenvalue weighted by Crippen LogP contribution is 2.47. The average molecular weight is 554 g/mol. The first-order valence-corrected chi connectivity index (χ1v) is 13.3. The third-order valence-electron chi connectivity index (χ3n) is 7.68. The van der Waals surface area contributed by atoms with E-state index in [1.165, 1.54) is 12.1 Å². The molecular formula is C32H31N3O6. The van der Waals surface area contributed by atoms with E-state index in [0.717, 1.165) is 11.1 Å². The van der Waals surface area contributed by atoms with Gasteiger partial charge in [0.25, 0.3) is 11.6 Å². The van der Waals surface area contributed by atoms with E-state index in [-0.39, 0.29) is 29.7 Å². The standard InChI is InChI=1S/C32H31N3O6/c1-18-8-11-23(12-9-18)34-32(37)29-19(2)33-25-15-22(20-10-13-27(40-3)28(17-20)41-4)16-26(36)31(25)30(29)21-6-5-7-24(14-21)35(38)39/h5-14,17,22,30,33H,15-16H2,1-4H3,(H,34,37)/t22-,30+/m0/s1. The first kappa shape index (κ1) is 27.6. The Morgan fingerprint density at radius 3 is 2.37 bits per heavy atom. The van der Waals surface area contributed by atoms with Crippen molar-refractivity contribution >= 4 is 23.1 Å². The lowest BCUT2D eigenvalue weighted by molar-refractivity contribution is -0.384. The molecule has 1 heterocycles. The summed E-state index contributed by atoms with van der Waals surface area (Å²) in [6.45, 7) is 3.75. The molecule has 210 valence electrons. The number of aryl methyl sites for hydroxylation is 1. The summed E-state index contributed by atoms with van der Waals surface area (Å²) in [5.74, 6) is -0.220. The monoisotopic (exact) mass is 553 g/mol. The van der Waals surface area contributed by atoms with Gasteiger partial charge in [-0.05, 0) is 61.6 Å². The molecule has 0 unspecified atom stereocenters. The molecule has 0 fully saturated rings. The summed E-state index contributed by atoms with van der Waals surface area (Å²) in [6, 6.07) is 19.2. The molecule has 1 amide bonds. The molecule has 3 aromatic rings. The molecule has 0 saturated heterocycles. The Morgan fingerprint density at radius 1 is 0.951 bits per heavy atom. The normalized spacial score (nSPS) is 18.4. The second kappa shape index (κ2) is 11.3. The van der Waals surface area contributed by atoms with Crippen LogP contribution >= 0.6 is 0 Å². The predicted octanol–water partition coefficient (Wildman–Crippen LogP) is 5.92. The van der Waals surface area contributed by atoms with Crippen LogP contribution in [0.4, 0.5) is 11.4 Å². The van der Waals surface area contributed by atoms with Crippen molar-refractivity contribution in [2.24, 2.45) is 0 Å². The number of dihydropyridines is 1. The van der Waals surface area contributed by atoms with Gasteiger partial charge in [0.2, 0.25) is 0 Å². The first-order valence-electron chi connectivity index (χ1n) is 13.3. The largest absolute Gasteiger partial charge is 0.493 e. The molecule has 2 aliphatic rings. The molecule has 41 heavy (non-hydrogen) atoms. The molecule has 0 radical (unpaired) electrons. The highest BCUT2D eigenvalue weighted by molar-refractivity contribution is 6.10. The lowest BCUT2D eigenvalue weighted by Gasteiger charge is -2.37. The van der Waals surface area contributed by atoms with E-state index in [4.69, 9.17) is 9.47 Å². The Kier molecular flexibility index (Phi) is 7.61. The van der Waals surface area contributed by atoms with Gasteiger partial charge in [0.1, 0.15) is 0 Å². The number of Topliss-reactive ketones (excluding diaryl/α,β-unsaturated/α-hetero) is 1. The number of rotatable bonds is 7. The summed E-state index contributed by atoms with van der Waals surface area (Å²) in [5.41, 5.74) is 5.11. The Hall–Kier alpha value is -4.92. The number of ketones is 1. The molecule has 0 spiro atoms. The molecule has 1 aliphatic carbocycles. The Balaban J connectivity index is 1.57. The molecular weight excluding hydrogens is 522 g/mol. The second-order valence-electron chi connectivity index (χ2n) is 10.3.